The van der Waals surface area contributed by atoms with Gasteiger partial charge in [0.1, 0.15) is 12.1 Å². The van der Waals surface area contributed by atoms with Crippen molar-refractivity contribution >= 4 is 23.6 Å². The molecule has 2 aliphatic heterocycles. The summed E-state index contributed by atoms with van der Waals surface area (Å²) in [5.41, 5.74) is -0.110. The Bertz CT molecular complexity index is 1090. The Morgan fingerprint density at radius 3 is 2.02 bits per heavy atom. The van der Waals surface area contributed by atoms with E-state index >= 15 is 0 Å². The summed E-state index contributed by atoms with van der Waals surface area (Å²) < 4.78 is 0. The maximum absolute atomic E-state index is 14.2. The van der Waals surface area contributed by atoms with Crippen molar-refractivity contribution in [2.45, 2.75) is 132 Å². The molecule has 4 atom stereocenters. The molecule has 2 heterocycles. The standard InChI is InChI=1S/C36H66N6O4/c1-24(2)29(21-26(5)33(45)42-20-16-18-27(42)31(43)37-22-36(9,10)23-39(11)12)40(13)34(46)30(35(6,7)8)38-32(44)28-17-14-15-19-41(28)25(3)4/h21,24-25,27-30H,14-20,22-23H2,1-13H3,(H,37,43)(H,38,44)/b26-21+/t27-,28?,29+,30?/m0/s1. The number of piperidine rings is 1. The van der Waals surface area contributed by atoms with Gasteiger partial charge in [-0.05, 0) is 83.8 Å². The van der Waals surface area contributed by atoms with Crippen LogP contribution in [0.2, 0.25) is 0 Å². The molecule has 0 aliphatic carbocycles. The molecule has 264 valence electrons. The monoisotopic (exact) mass is 647 g/mol. The van der Waals surface area contributed by atoms with E-state index in [1.54, 1.807) is 23.8 Å². The van der Waals surface area contributed by atoms with Gasteiger partial charge >= 0.3 is 0 Å². The van der Waals surface area contributed by atoms with Gasteiger partial charge in [0.25, 0.3) is 0 Å². The van der Waals surface area contributed by atoms with E-state index in [4.69, 9.17) is 0 Å². The number of rotatable bonds is 13. The molecule has 0 spiro atoms. The van der Waals surface area contributed by atoms with Crippen LogP contribution in [-0.4, -0.2) is 121 Å². The predicted octanol–water partition coefficient (Wildman–Crippen LogP) is 3.90. The largest absolute Gasteiger partial charge is 0.354 e. The number of nitrogens with one attached hydrogen (secondary N) is 2. The predicted molar refractivity (Wildman–Crippen MR) is 186 cm³/mol. The second-order valence-corrected chi connectivity index (χ2v) is 16.5. The number of carbonyl (C=O) groups excluding carboxylic acids is 4. The van der Waals surface area contributed by atoms with Crippen molar-refractivity contribution in [2.75, 3.05) is 47.3 Å². The molecule has 4 amide bonds. The number of carbonyl (C=O) groups is 4. The van der Waals surface area contributed by atoms with Gasteiger partial charge in [-0.3, -0.25) is 24.1 Å². The van der Waals surface area contributed by atoms with Crippen LogP contribution in [0.5, 0.6) is 0 Å². The summed E-state index contributed by atoms with van der Waals surface area (Å²) in [4.78, 5) is 62.5. The third-order valence-electron chi connectivity index (χ3n) is 9.45. The lowest BCUT2D eigenvalue weighted by Crippen LogP contribution is -2.60. The fourth-order valence-electron chi connectivity index (χ4n) is 7.04. The first-order chi connectivity index (χ1) is 21.2. The highest BCUT2D eigenvalue weighted by atomic mass is 16.2. The number of hydrogen-bond donors (Lipinski definition) is 2. The first-order valence-corrected chi connectivity index (χ1v) is 17.4. The van der Waals surface area contributed by atoms with E-state index in [2.05, 4.69) is 48.1 Å². The first-order valence-electron chi connectivity index (χ1n) is 17.4. The molecule has 10 nitrogen and oxygen atoms in total. The second kappa shape index (κ2) is 16.6. The average molecular weight is 647 g/mol. The number of likely N-dealkylation sites (N-methyl/N-ethyl adjacent to an activating group) is 1. The maximum Gasteiger partial charge on any atom is 0.249 e. The van der Waals surface area contributed by atoms with E-state index in [1.807, 2.05) is 54.8 Å². The third kappa shape index (κ3) is 10.8. The highest BCUT2D eigenvalue weighted by Gasteiger charge is 2.40. The van der Waals surface area contributed by atoms with Gasteiger partial charge in [0.2, 0.25) is 23.6 Å². The Morgan fingerprint density at radius 2 is 1.48 bits per heavy atom. The van der Waals surface area contributed by atoms with Crippen molar-refractivity contribution in [1.82, 2.24) is 30.2 Å². The zero-order valence-corrected chi connectivity index (χ0v) is 31.3. The normalized spacial score (nSPS) is 21.5. The molecular formula is C36H66N6O4. The van der Waals surface area contributed by atoms with Crippen molar-refractivity contribution in [1.29, 1.82) is 0 Å². The molecule has 0 saturated carbocycles. The van der Waals surface area contributed by atoms with Crippen LogP contribution in [0.15, 0.2) is 11.6 Å². The highest BCUT2D eigenvalue weighted by Crippen LogP contribution is 2.27. The fourth-order valence-corrected chi connectivity index (χ4v) is 7.04. The molecule has 2 fully saturated rings. The molecule has 2 aliphatic rings. The summed E-state index contributed by atoms with van der Waals surface area (Å²) >= 11 is 0. The Labute approximate surface area is 280 Å². The summed E-state index contributed by atoms with van der Waals surface area (Å²) in [5.74, 6) is -0.554. The van der Waals surface area contributed by atoms with Crippen LogP contribution >= 0.6 is 0 Å². The lowest BCUT2D eigenvalue weighted by atomic mass is 9.84. The number of hydrogen-bond acceptors (Lipinski definition) is 6. The van der Waals surface area contributed by atoms with Crippen molar-refractivity contribution < 1.29 is 19.2 Å². The van der Waals surface area contributed by atoms with Crippen molar-refractivity contribution in [2.24, 2.45) is 16.7 Å². The molecule has 0 radical (unpaired) electrons. The second-order valence-electron chi connectivity index (χ2n) is 16.5. The van der Waals surface area contributed by atoms with Crippen LogP contribution in [0.25, 0.3) is 0 Å². The minimum Gasteiger partial charge on any atom is -0.354 e. The molecule has 2 unspecified atom stereocenters. The van der Waals surface area contributed by atoms with Crippen molar-refractivity contribution in [3.63, 3.8) is 0 Å². The SMILES string of the molecule is C/C(=C\[C@H](C(C)C)N(C)C(=O)C(NC(=O)C1CCCCN1C(C)C)C(C)(C)C)C(=O)N1CCC[C@H]1C(=O)NCC(C)(C)CN(C)C. The topological polar surface area (TPSA) is 105 Å². The Morgan fingerprint density at radius 1 is 0.870 bits per heavy atom. The minimum atomic E-state index is -0.727. The third-order valence-corrected chi connectivity index (χ3v) is 9.45. The van der Waals surface area contributed by atoms with Gasteiger partial charge in [0.15, 0.2) is 0 Å². The zero-order valence-electron chi connectivity index (χ0n) is 31.3. The molecule has 46 heavy (non-hydrogen) atoms. The Balaban J connectivity index is 2.22. The molecule has 2 rings (SSSR count). The minimum absolute atomic E-state index is 0.0133. The molecule has 2 saturated heterocycles. The lowest BCUT2D eigenvalue weighted by Gasteiger charge is -2.41. The number of amides is 4. The van der Waals surface area contributed by atoms with Crippen LogP contribution in [0.3, 0.4) is 0 Å². The number of nitrogens with zero attached hydrogens (tertiary/aromatic N) is 4. The van der Waals surface area contributed by atoms with Gasteiger partial charge in [0.05, 0.1) is 12.1 Å². The summed E-state index contributed by atoms with van der Waals surface area (Å²) in [5, 5.41) is 6.23. The van der Waals surface area contributed by atoms with Crippen molar-refractivity contribution in [3.8, 4) is 0 Å². The van der Waals surface area contributed by atoms with Crippen LogP contribution in [0, 0.1) is 16.7 Å². The Hall–Kier alpha value is -2.46. The lowest BCUT2D eigenvalue weighted by molar-refractivity contribution is -0.142. The summed E-state index contributed by atoms with van der Waals surface area (Å²) in [6.45, 7) is 23.0. The molecule has 0 bridgehead atoms. The van der Waals surface area contributed by atoms with Crippen LogP contribution < -0.4 is 10.6 Å². The van der Waals surface area contributed by atoms with Gasteiger partial charge < -0.3 is 25.3 Å². The van der Waals surface area contributed by atoms with Crippen LogP contribution in [0.4, 0.5) is 0 Å². The first kappa shape index (κ1) is 39.7. The average Bonchev–Trinajstić information content (AvgIpc) is 3.44. The van der Waals surface area contributed by atoms with Gasteiger partial charge in [-0.25, -0.2) is 0 Å². The zero-order chi connectivity index (χ0) is 35.1. The maximum atomic E-state index is 14.2. The van der Waals surface area contributed by atoms with E-state index in [0.717, 1.165) is 38.8 Å². The molecular weight excluding hydrogens is 580 g/mol. The van der Waals surface area contributed by atoms with E-state index in [-0.39, 0.29) is 53.1 Å². The van der Waals surface area contributed by atoms with Crippen molar-refractivity contribution in [3.05, 3.63) is 11.6 Å². The van der Waals surface area contributed by atoms with E-state index in [9.17, 15) is 19.2 Å². The van der Waals surface area contributed by atoms with Crippen LogP contribution in [0.1, 0.15) is 101 Å². The number of likely N-dealkylation sites (tertiary alicyclic amines) is 2. The van der Waals surface area contributed by atoms with Gasteiger partial charge in [-0.1, -0.05) is 61.0 Å². The quantitative estimate of drug-likeness (QED) is 0.294. The van der Waals surface area contributed by atoms with Gasteiger partial charge in [-0.15, -0.1) is 0 Å². The molecule has 0 aromatic rings. The molecule has 2 N–H and O–H groups in total. The Kier molecular flexibility index (Phi) is 14.3. The highest BCUT2D eigenvalue weighted by molar-refractivity contribution is 5.97. The van der Waals surface area contributed by atoms with E-state index in [0.29, 0.717) is 25.1 Å². The summed E-state index contributed by atoms with van der Waals surface area (Å²) in [7, 11) is 5.79. The summed E-state index contributed by atoms with van der Waals surface area (Å²) in [6.07, 6.45) is 6.12. The molecule has 0 aromatic carbocycles. The summed E-state index contributed by atoms with van der Waals surface area (Å²) in [6, 6.07) is -1.61. The van der Waals surface area contributed by atoms with Gasteiger partial charge in [-0.2, -0.15) is 0 Å². The molecule has 10 heteroatoms. The van der Waals surface area contributed by atoms with Crippen LogP contribution in [-0.2, 0) is 19.2 Å². The molecule has 0 aromatic heterocycles. The van der Waals surface area contributed by atoms with E-state index < -0.39 is 17.5 Å². The fraction of sp³-hybridized carbons (Fsp3) is 0.833. The smallest absolute Gasteiger partial charge is 0.249 e. The van der Waals surface area contributed by atoms with Gasteiger partial charge in [0, 0.05) is 38.3 Å². The van der Waals surface area contributed by atoms with E-state index in [1.165, 1.54) is 0 Å².